The Labute approximate surface area is 119 Å². The van der Waals surface area contributed by atoms with E-state index in [1.165, 1.54) is 16.7 Å². The van der Waals surface area contributed by atoms with Crippen LogP contribution in [0.2, 0.25) is 0 Å². The van der Waals surface area contributed by atoms with Crippen LogP contribution in [-0.2, 0) is 0 Å². The van der Waals surface area contributed by atoms with Gasteiger partial charge in [-0.25, -0.2) is 0 Å². The van der Waals surface area contributed by atoms with Gasteiger partial charge in [0.15, 0.2) is 0 Å². The van der Waals surface area contributed by atoms with Crippen LogP contribution in [0.5, 0.6) is 0 Å². The summed E-state index contributed by atoms with van der Waals surface area (Å²) in [5, 5.41) is 0. The van der Waals surface area contributed by atoms with Crippen LogP contribution in [0.25, 0.3) is 11.1 Å². The molecule has 0 aliphatic heterocycles. The molecule has 0 aliphatic carbocycles. The summed E-state index contributed by atoms with van der Waals surface area (Å²) in [4.78, 5) is 0. The minimum Gasteiger partial charge on any atom is -0.271 e. The van der Waals surface area contributed by atoms with E-state index < -0.39 is 0 Å². The molecule has 0 aromatic heterocycles. The van der Waals surface area contributed by atoms with Gasteiger partial charge < -0.3 is 0 Å². The van der Waals surface area contributed by atoms with Crippen LogP contribution < -0.4 is 11.3 Å². The minimum absolute atomic E-state index is 0.234. The van der Waals surface area contributed by atoms with Crippen LogP contribution in [0.3, 0.4) is 0 Å². The second-order valence-corrected chi connectivity index (χ2v) is 5.47. The molecule has 2 nitrogen and oxygen atoms in total. The molecule has 3 N–H and O–H groups in total. The first kappa shape index (κ1) is 14.1. The highest BCUT2D eigenvalue weighted by Gasteiger charge is 2.08. The molecule has 0 amide bonds. The van der Waals surface area contributed by atoms with Gasteiger partial charge in [-0.15, -0.1) is 0 Å². The van der Waals surface area contributed by atoms with E-state index in [4.69, 9.17) is 5.84 Å². The standard InChI is InChI=1S/C16H20N2S/c1-19-12-11-16(18-17)15-9-7-14(8-10-15)13-5-3-2-4-6-13/h2-10,16,18H,11-12,17H2,1H3. The van der Waals surface area contributed by atoms with Crippen LogP contribution in [0.1, 0.15) is 18.0 Å². The number of benzene rings is 2. The van der Waals surface area contributed by atoms with Gasteiger partial charge in [0.2, 0.25) is 0 Å². The summed E-state index contributed by atoms with van der Waals surface area (Å²) in [7, 11) is 0. The first-order valence-corrected chi connectivity index (χ1v) is 7.85. The fraction of sp³-hybridized carbons (Fsp3) is 0.250. The van der Waals surface area contributed by atoms with Crippen molar-refractivity contribution in [1.29, 1.82) is 0 Å². The summed E-state index contributed by atoms with van der Waals surface area (Å²) >= 11 is 1.84. The van der Waals surface area contributed by atoms with Crippen LogP contribution in [-0.4, -0.2) is 12.0 Å². The predicted octanol–water partition coefficient (Wildman–Crippen LogP) is 3.61. The van der Waals surface area contributed by atoms with Crippen molar-refractivity contribution in [3.05, 3.63) is 60.2 Å². The molecule has 0 spiro atoms. The lowest BCUT2D eigenvalue weighted by atomic mass is 10.00. The van der Waals surface area contributed by atoms with Crippen LogP contribution in [0.15, 0.2) is 54.6 Å². The lowest BCUT2D eigenvalue weighted by Crippen LogP contribution is -2.28. The number of hydrogen-bond acceptors (Lipinski definition) is 3. The van der Waals surface area contributed by atoms with E-state index in [-0.39, 0.29) is 6.04 Å². The van der Waals surface area contributed by atoms with Crippen molar-refractivity contribution in [2.75, 3.05) is 12.0 Å². The monoisotopic (exact) mass is 272 g/mol. The maximum atomic E-state index is 5.64. The molecule has 100 valence electrons. The van der Waals surface area contributed by atoms with Crippen LogP contribution in [0, 0.1) is 0 Å². The maximum absolute atomic E-state index is 5.64. The number of thioether (sulfide) groups is 1. The van der Waals surface area contributed by atoms with Gasteiger partial charge in [0.25, 0.3) is 0 Å². The normalized spacial score (nSPS) is 12.3. The number of hydrazine groups is 1. The molecule has 0 heterocycles. The van der Waals surface area contributed by atoms with Gasteiger partial charge in [0.1, 0.15) is 0 Å². The molecular weight excluding hydrogens is 252 g/mol. The summed E-state index contributed by atoms with van der Waals surface area (Å²) in [6, 6.07) is 19.3. The third-order valence-corrected chi connectivity index (χ3v) is 3.88. The highest BCUT2D eigenvalue weighted by molar-refractivity contribution is 7.98. The third kappa shape index (κ3) is 3.83. The fourth-order valence-corrected chi connectivity index (χ4v) is 2.59. The molecule has 0 fully saturated rings. The van der Waals surface area contributed by atoms with E-state index in [1.54, 1.807) is 0 Å². The molecule has 0 saturated carbocycles. The van der Waals surface area contributed by atoms with Gasteiger partial charge in [-0.3, -0.25) is 11.3 Å². The zero-order valence-electron chi connectivity index (χ0n) is 11.2. The summed E-state index contributed by atoms with van der Waals surface area (Å²) in [5.74, 6) is 6.74. The van der Waals surface area contributed by atoms with Crippen LogP contribution in [0.4, 0.5) is 0 Å². The third-order valence-electron chi connectivity index (χ3n) is 3.23. The Kier molecular flexibility index (Phi) is 5.45. The number of hydrogen-bond donors (Lipinski definition) is 2. The molecule has 19 heavy (non-hydrogen) atoms. The summed E-state index contributed by atoms with van der Waals surface area (Å²) in [5.41, 5.74) is 6.63. The van der Waals surface area contributed by atoms with Crippen LogP contribution >= 0.6 is 11.8 Å². The number of nitrogens with one attached hydrogen (secondary N) is 1. The zero-order chi connectivity index (χ0) is 13.5. The topological polar surface area (TPSA) is 38.0 Å². The Morgan fingerprint density at radius 1 is 1.00 bits per heavy atom. The Balaban J connectivity index is 2.13. The van der Waals surface area contributed by atoms with Crippen molar-refractivity contribution in [3.63, 3.8) is 0 Å². The highest BCUT2D eigenvalue weighted by atomic mass is 32.2. The quantitative estimate of drug-likeness (QED) is 0.623. The molecule has 0 aliphatic rings. The zero-order valence-corrected chi connectivity index (χ0v) is 12.0. The van der Waals surface area contributed by atoms with Gasteiger partial charge in [-0.1, -0.05) is 54.6 Å². The Hall–Kier alpha value is -1.29. The molecule has 0 radical (unpaired) electrons. The molecule has 3 heteroatoms. The number of nitrogens with two attached hydrogens (primary N) is 1. The highest BCUT2D eigenvalue weighted by Crippen LogP contribution is 2.23. The van der Waals surface area contributed by atoms with Crippen molar-refractivity contribution in [2.45, 2.75) is 12.5 Å². The molecule has 2 aromatic rings. The van der Waals surface area contributed by atoms with Crippen molar-refractivity contribution in [3.8, 4) is 11.1 Å². The van der Waals surface area contributed by atoms with Crippen molar-refractivity contribution in [1.82, 2.24) is 5.43 Å². The van der Waals surface area contributed by atoms with Gasteiger partial charge in [-0.05, 0) is 35.1 Å². The van der Waals surface area contributed by atoms with E-state index in [1.807, 2.05) is 17.8 Å². The lowest BCUT2D eigenvalue weighted by Gasteiger charge is -2.16. The molecule has 1 atom stereocenters. The SMILES string of the molecule is CSCCC(NN)c1ccc(-c2ccccc2)cc1. The molecule has 0 bridgehead atoms. The van der Waals surface area contributed by atoms with E-state index in [0.717, 1.165) is 12.2 Å². The largest absolute Gasteiger partial charge is 0.271 e. The fourth-order valence-electron chi connectivity index (χ4n) is 2.12. The molecule has 0 saturated heterocycles. The van der Waals surface area contributed by atoms with Crippen molar-refractivity contribution >= 4 is 11.8 Å². The second-order valence-electron chi connectivity index (χ2n) is 4.49. The average molecular weight is 272 g/mol. The van der Waals surface area contributed by atoms with E-state index in [9.17, 15) is 0 Å². The van der Waals surface area contributed by atoms with Crippen molar-refractivity contribution in [2.24, 2.45) is 5.84 Å². The first-order valence-electron chi connectivity index (χ1n) is 6.45. The summed E-state index contributed by atoms with van der Waals surface area (Å²) < 4.78 is 0. The maximum Gasteiger partial charge on any atom is 0.0467 e. The van der Waals surface area contributed by atoms with E-state index >= 15 is 0 Å². The van der Waals surface area contributed by atoms with Gasteiger partial charge >= 0.3 is 0 Å². The van der Waals surface area contributed by atoms with Gasteiger partial charge in [0, 0.05) is 6.04 Å². The molecule has 1 unspecified atom stereocenters. The predicted molar refractivity (Wildman–Crippen MR) is 84.9 cm³/mol. The molecular formula is C16H20N2S. The Morgan fingerprint density at radius 2 is 1.63 bits per heavy atom. The smallest absolute Gasteiger partial charge is 0.0467 e. The van der Waals surface area contributed by atoms with E-state index in [2.05, 4.69) is 60.2 Å². The average Bonchev–Trinajstić information content (AvgIpc) is 2.49. The number of rotatable bonds is 6. The Morgan fingerprint density at radius 3 is 2.21 bits per heavy atom. The lowest BCUT2D eigenvalue weighted by molar-refractivity contribution is 0.543. The van der Waals surface area contributed by atoms with Gasteiger partial charge in [0.05, 0.1) is 0 Å². The second kappa shape index (κ2) is 7.34. The molecule has 2 aromatic carbocycles. The Bertz CT molecular complexity index is 482. The minimum atomic E-state index is 0.234. The summed E-state index contributed by atoms with van der Waals surface area (Å²) in [6.07, 6.45) is 3.16. The van der Waals surface area contributed by atoms with E-state index in [0.29, 0.717) is 0 Å². The van der Waals surface area contributed by atoms with Gasteiger partial charge in [-0.2, -0.15) is 11.8 Å². The first-order chi connectivity index (χ1) is 9.35. The summed E-state index contributed by atoms with van der Waals surface area (Å²) in [6.45, 7) is 0. The van der Waals surface area contributed by atoms with Crippen molar-refractivity contribution < 1.29 is 0 Å². The molecule has 2 rings (SSSR count).